The van der Waals surface area contributed by atoms with Crippen LogP contribution in [0.5, 0.6) is 0 Å². The lowest BCUT2D eigenvalue weighted by Crippen LogP contribution is -2.49. The number of carbonyl (C=O) groups excluding carboxylic acids is 1. The molecule has 0 N–H and O–H groups in total. The van der Waals surface area contributed by atoms with E-state index >= 15 is 0 Å². The summed E-state index contributed by atoms with van der Waals surface area (Å²) in [6.07, 6.45) is 3.53. The first-order chi connectivity index (χ1) is 11.1. The smallest absolute Gasteiger partial charge is 0.244 e. The number of hydrogen-bond acceptors (Lipinski definition) is 3. The number of amides is 1. The van der Waals surface area contributed by atoms with Gasteiger partial charge in [0.25, 0.3) is 0 Å². The van der Waals surface area contributed by atoms with Crippen LogP contribution < -0.4 is 0 Å². The van der Waals surface area contributed by atoms with Crippen molar-refractivity contribution in [2.24, 2.45) is 0 Å². The SMILES string of the molecule is Cc1cccc(CN2CCN(C(=O)Cn3cc(Br)cn3)CC2)c1. The Hall–Kier alpha value is -1.66. The average molecular weight is 377 g/mol. The Kier molecular flexibility index (Phi) is 5.13. The third-order valence-electron chi connectivity index (χ3n) is 4.11. The van der Waals surface area contributed by atoms with Gasteiger partial charge in [0.2, 0.25) is 5.91 Å². The van der Waals surface area contributed by atoms with Crippen molar-refractivity contribution in [3.63, 3.8) is 0 Å². The molecule has 1 aromatic carbocycles. The van der Waals surface area contributed by atoms with E-state index in [1.807, 2.05) is 11.1 Å². The largest absolute Gasteiger partial charge is 0.339 e. The number of carbonyl (C=O) groups is 1. The second-order valence-corrected chi connectivity index (χ2v) is 6.92. The Labute approximate surface area is 145 Å². The van der Waals surface area contributed by atoms with Gasteiger partial charge in [0.1, 0.15) is 6.54 Å². The summed E-state index contributed by atoms with van der Waals surface area (Å²) in [5, 5.41) is 4.14. The molecule has 0 bridgehead atoms. The summed E-state index contributed by atoms with van der Waals surface area (Å²) < 4.78 is 2.57. The third kappa shape index (κ3) is 4.42. The molecular weight excluding hydrogens is 356 g/mol. The van der Waals surface area contributed by atoms with Crippen LogP contribution in [0.4, 0.5) is 0 Å². The number of aryl methyl sites for hydroxylation is 1. The lowest BCUT2D eigenvalue weighted by atomic mass is 10.1. The molecule has 2 heterocycles. The molecule has 1 aliphatic heterocycles. The highest BCUT2D eigenvalue weighted by Gasteiger charge is 2.21. The summed E-state index contributed by atoms with van der Waals surface area (Å²) in [5.74, 6) is 0.135. The van der Waals surface area contributed by atoms with Gasteiger partial charge >= 0.3 is 0 Å². The van der Waals surface area contributed by atoms with E-state index in [2.05, 4.69) is 57.1 Å². The van der Waals surface area contributed by atoms with Crippen molar-refractivity contribution in [1.82, 2.24) is 19.6 Å². The van der Waals surface area contributed by atoms with E-state index in [1.165, 1.54) is 11.1 Å². The van der Waals surface area contributed by atoms with Crippen LogP contribution in [0.25, 0.3) is 0 Å². The van der Waals surface area contributed by atoms with E-state index < -0.39 is 0 Å². The van der Waals surface area contributed by atoms with Crippen LogP contribution in [0.2, 0.25) is 0 Å². The van der Waals surface area contributed by atoms with E-state index in [9.17, 15) is 4.79 Å². The molecule has 0 spiro atoms. The first-order valence-corrected chi connectivity index (χ1v) is 8.63. The maximum atomic E-state index is 12.3. The Balaban J connectivity index is 1.49. The molecule has 1 aromatic heterocycles. The van der Waals surface area contributed by atoms with Crippen molar-refractivity contribution in [3.8, 4) is 0 Å². The van der Waals surface area contributed by atoms with Crippen LogP contribution in [0.3, 0.4) is 0 Å². The second kappa shape index (κ2) is 7.27. The lowest BCUT2D eigenvalue weighted by molar-refractivity contribution is -0.133. The fourth-order valence-electron chi connectivity index (χ4n) is 2.89. The van der Waals surface area contributed by atoms with Gasteiger partial charge in [-0.3, -0.25) is 14.4 Å². The van der Waals surface area contributed by atoms with Crippen LogP contribution in [0.1, 0.15) is 11.1 Å². The van der Waals surface area contributed by atoms with Crippen molar-refractivity contribution >= 4 is 21.8 Å². The number of piperazine rings is 1. The fraction of sp³-hybridized carbons (Fsp3) is 0.412. The molecule has 1 aliphatic rings. The van der Waals surface area contributed by atoms with Crippen LogP contribution in [0, 0.1) is 6.92 Å². The number of aromatic nitrogens is 2. The quantitative estimate of drug-likeness (QED) is 0.821. The zero-order valence-electron chi connectivity index (χ0n) is 13.3. The van der Waals surface area contributed by atoms with Crippen molar-refractivity contribution in [1.29, 1.82) is 0 Å². The molecule has 0 aliphatic carbocycles. The molecule has 0 saturated carbocycles. The normalized spacial score (nSPS) is 15.8. The number of rotatable bonds is 4. The maximum absolute atomic E-state index is 12.3. The van der Waals surface area contributed by atoms with Gasteiger partial charge < -0.3 is 4.90 Å². The molecule has 23 heavy (non-hydrogen) atoms. The van der Waals surface area contributed by atoms with E-state index in [0.717, 1.165) is 37.2 Å². The van der Waals surface area contributed by atoms with E-state index in [1.54, 1.807) is 10.9 Å². The number of halogens is 1. The van der Waals surface area contributed by atoms with Crippen LogP contribution in [0.15, 0.2) is 41.1 Å². The zero-order valence-corrected chi connectivity index (χ0v) is 14.9. The maximum Gasteiger partial charge on any atom is 0.244 e. The van der Waals surface area contributed by atoms with Gasteiger partial charge in [-0.25, -0.2) is 0 Å². The highest BCUT2D eigenvalue weighted by Crippen LogP contribution is 2.11. The summed E-state index contributed by atoms with van der Waals surface area (Å²) in [6, 6.07) is 8.62. The summed E-state index contributed by atoms with van der Waals surface area (Å²) in [5.41, 5.74) is 2.63. The predicted molar refractivity (Wildman–Crippen MR) is 93.0 cm³/mol. The molecule has 0 unspecified atom stereocenters. The van der Waals surface area contributed by atoms with Crippen molar-refractivity contribution < 1.29 is 4.79 Å². The predicted octanol–water partition coefficient (Wildman–Crippen LogP) is 2.30. The highest BCUT2D eigenvalue weighted by atomic mass is 79.9. The Morgan fingerprint density at radius 2 is 2.04 bits per heavy atom. The van der Waals surface area contributed by atoms with Crippen LogP contribution in [-0.2, 0) is 17.9 Å². The van der Waals surface area contributed by atoms with Gasteiger partial charge in [0.05, 0.1) is 10.7 Å². The first kappa shape index (κ1) is 16.2. The highest BCUT2D eigenvalue weighted by molar-refractivity contribution is 9.10. The van der Waals surface area contributed by atoms with Gasteiger partial charge in [0, 0.05) is 38.9 Å². The van der Waals surface area contributed by atoms with Gasteiger partial charge in [-0.15, -0.1) is 0 Å². The molecule has 0 atom stereocenters. The zero-order chi connectivity index (χ0) is 16.2. The molecular formula is C17H21BrN4O. The molecule has 5 nitrogen and oxygen atoms in total. The average Bonchev–Trinajstić information content (AvgIpc) is 2.93. The Bertz CT molecular complexity index is 677. The van der Waals surface area contributed by atoms with Crippen LogP contribution in [-0.4, -0.2) is 51.7 Å². The number of benzene rings is 1. The summed E-state index contributed by atoms with van der Waals surface area (Å²) >= 11 is 3.35. The number of hydrogen-bond donors (Lipinski definition) is 0. The van der Waals surface area contributed by atoms with Crippen molar-refractivity contribution in [3.05, 3.63) is 52.3 Å². The first-order valence-electron chi connectivity index (χ1n) is 7.84. The minimum absolute atomic E-state index is 0.135. The minimum atomic E-state index is 0.135. The van der Waals surface area contributed by atoms with E-state index in [4.69, 9.17) is 0 Å². The Morgan fingerprint density at radius 3 is 2.70 bits per heavy atom. The van der Waals surface area contributed by atoms with Gasteiger partial charge in [-0.1, -0.05) is 29.8 Å². The topological polar surface area (TPSA) is 41.4 Å². The third-order valence-corrected chi connectivity index (χ3v) is 4.52. The summed E-state index contributed by atoms with van der Waals surface area (Å²) in [6.45, 7) is 6.79. The molecule has 1 amide bonds. The fourth-order valence-corrected chi connectivity index (χ4v) is 3.22. The molecule has 1 fully saturated rings. The molecule has 1 saturated heterocycles. The van der Waals surface area contributed by atoms with Gasteiger partial charge in [0.15, 0.2) is 0 Å². The van der Waals surface area contributed by atoms with Gasteiger partial charge in [-0.2, -0.15) is 5.10 Å². The summed E-state index contributed by atoms with van der Waals surface area (Å²) in [7, 11) is 0. The second-order valence-electron chi connectivity index (χ2n) is 6.00. The minimum Gasteiger partial charge on any atom is -0.339 e. The van der Waals surface area contributed by atoms with E-state index in [-0.39, 0.29) is 5.91 Å². The molecule has 0 radical (unpaired) electrons. The van der Waals surface area contributed by atoms with Crippen molar-refractivity contribution in [2.45, 2.75) is 20.0 Å². The molecule has 2 aromatic rings. The molecule has 122 valence electrons. The Morgan fingerprint density at radius 1 is 1.26 bits per heavy atom. The standard InChI is InChI=1S/C17H21BrN4O/c1-14-3-2-4-15(9-14)11-20-5-7-21(8-6-20)17(23)13-22-12-16(18)10-19-22/h2-4,9-10,12H,5-8,11,13H2,1H3. The van der Waals surface area contributed by atoms with Crippen LogP contribution >= 0.6 is 15.9 Å². The number of nitrogens with zero attached hydrogens (tertiary/aromatic N) is 4. The van der Waals surface area contributed by atoms with E-state index in [0.29, 0.717) is 6.54 Å². The van der Waals surface area contributed by atoms with Gasteiger partial charge in [-0.05, 0) is 28.4 Å². The monoisotopic (exact) mass is 376 g/mol. The molecule has 3 rings (SSSR count). The molecule has 6 heteroatoms. The lowest BCUT2D eigenvalue weighted by Gasteiger charge is -2.34. The summed E-state index contributed by atoms with van der Waals surface area (Å²) in [4.78, 5) is 16.7. The van der Waals surface area contributed by atoms with Crippen molar-refractivity contribution in [2.75, 3.05) is 26.2 Å².